The Morgan fingerprint density at radius 3 is 3.00 bits per heavy atom. The number of pyridine rings is 1. The standard InChI is InChI=1S/C13H20N2O/c1-10(2)11-4-6-15(8-11)13-7-14-5-3-12(13)9-16/h3,5,7,10-11,16H,4,6,8-9H2,1-2H3. The van der Waals surface area contributed by atoms with E-state index in [1.165, 1.54) is 6.42 Å². The lowest BCUT2D eigenvalue weighted by molar-refractivity contribution is 0.282. The molecule has 1 N–H and O–H groups in total. The van der Waals surface area contributed by atoms with E-state index in [1.807, 2.05) is 12.3 Å². The van der Waals surface area contributed by atoms with E-state index >= 15 is 0 Å². The summed E-state index contributed by atoms with van der Waals surface area (Å²) in [4.78, 5) is 6.51. The van der Waals surface area contributed by atoms with E-state index in [0.29, 0.717) is 0 Å². The van der Waals surface area contributed by atoms with Crippen molar-refractivity contribution >= 4 is 5.69 Å². The zero-order valence-electron chi connectivity index (χ0n) is 10.1. The highest BCUT2D eigenvalue weighted by atomic mass is 16.3. The van der Waals surface area contributed by atoms with Crippen LogP contribution >= 0.6 is 0 Å². The Balaban J connectivity index is 2.14. The minimum atomic E-state index is 0.0979. The van der Waals surface area contributed by atoms with Gasteiger partial charge in [0, 0.05) is 24.8 Å². The molecule has 2 rings (SSSR count). The van der Waals surface area contributed by atoms with Crippen LogP contribution in [0.25, 0.3) is 0 Å². The number of rotatable bonds is 3. The molecule has 1 unspecified atom stereocenters. The van der Waals surface area contributed by atoms with Gasteiger partial charge in [0.1, 0.15) is 0 Å². The molecule has 3 heteroatoms. The van der Waals surface area contributed by atoms with Crippen molar-refractivity contribution in [3.63, 3.8) is 0 Å². The summed E-state index contributed by atoms with van der Waals surface area (Å²) in [6.45, 7) is 6.84. The van der Waals surface area contributed by atoms with Crippen LogP contribution in [0.1, 0.15) is 25.8 Å². The van der Waals surface area contributed by atoms with Crippen molar-refractivity contribution in [3.05, 3.63) is 24.0 Å². The Hall–Kier alpha value is -1.09. The second-order valence-electron chi connectivity index (χ2n) is 4.90. The van der Waals surface area contributed by atoms with E-state index in [1.54, 1.807) is 6.20 Å². The molecule has 0 saturated carbocycles. The number of aromatic nitrogens is 1. The molecule has 0 bridgehead atoms. The van der Waals surface area contributed by atoms with Crippen LogP contribution in [0, 0.1) is 11.8 Å². The van der Waals surface area contributed by atoms with Gasteiger partial charge in [-0.05, 0) is 24.3 Å². The van der Waals surface area contributed by atoms with Gasteiger partial charge in [0.05, 0.1) is 18.5 Å². The number of hydrogen-bond donors (Lipinski definition) is 1. The average molecular weight is 220 g/mol. The number of nitrogens with zero attached hydrogens (tertiary/aromatic N) is 2. The molecule has 16 heavy (non-hydrogen) atoms. The predicted molar refractivity (Wildman–Crippen MR) is 65.3 cm³/mol. The summed E-state index contributed by atoms with van der Waals surface area (Å²) in [5, 5.41) is 9.30. The molecular weight excluding hydrogens is 200 g/mol. The SMILES string of the molecule is CC(C)C1CCN(c2cnccc2CO)C1. The molecule has 0 spiro atoms. The number of aliphatic hydroxyl groups is 1. The maximum atomic E-state index is 9.30. The lowest BCUT2D eigenvalue weighted by atomic mass is 9.95. The van der Waals surface area contributed by atoms with Crippen molar-refractivity contribution in [2.45, 2.75) is 26.9 Å². The van der Waals surface area contributed by atoms with E-state index in [4.69, 9.17) is 0 Å². The molecule has 1 atom stereocenters. The first kappa shape index (κ1) is 11.4. The van der Waals surface area contributed by atoms with Gasteiger partial charge in [0.25, 0.3) is 0 Å². The van der Waals surface area contributed by atoms with Gasteiger partial charge in [-0.15, -0.1) is 0 Å². The van der Waals surface area contributed by atoms with Crippen LogP contribution in [-0.4, -0.2) is 23.2 Å². The molecule has 88 valence electrons. The van der Waals surface area contributed by atoms with Crippen molar-refractivity contribution in [2.75, 3.05) is 18.0 Å². The minimum Gasteiger partial charge on any atom is -0.392 e. The highest BCUT2D eigenvalue weighted by Gasteiger charge is 2.26. The van der Waals surface area contributed by atoms with Crippen LogP contribution in [0.4, 0.5) is 5.69 Å². The first-order valence-corrected chi connectivity index (χ1v) is 6.01. The van der Waals surface area contributed by atoms with E-state index in [9.17, 15) is 5.11 Å². The summed E-state index contributed by atoms with van der Waals surface area (Å²) in [6.07, 6.45) is 4.86. The van der Waals surface area contributed by atoms with E-state index in [0.717, 1.165) is 36.2 Å². The van der Waals surface area contributed by atoms with Crippen LogP contribution in [0.5, 0.6) is 0 Å². The molecule has 0 aliphatic carbocycles. The maximum Gasteiger partial charge on any atom is 0.0703 e. The lowest BCUT2D eigenvalue weighted by Gasteiger charge is -2.21. The molecule has 0 aromatic carbocycles. The average Bonchev–Trinajstić information content (AvgIpc) is 2.78. The van der Waals surface area contributed by atoms with Gasteiger partial charge in [0.2, 0.25) is 0 Å². The predicted octanol–water partition coefficient (Wildman–Crippen LogP) is 2.06. The van der Waals surface area contributed by atoms with Crippen molar-refractivity contribution in [1.82, 2.24) is 4.98 Å². The minimum absolute atomic E-state index is 0.0979. The Morgan fingerprint density at radius 1 is 1.56 bits per heavy atom. The van der Waals surface area contributed by atoms with E-state index in [-0.39, 0.29) is 6.61 Å². The smallest absolute Gasteiger partial charge is 0.0703 e. The summed E-state index contributed by atoms with van der Waals surface area (Å²) in [6, 6.07) is 1.90. The van der Waals surface area contributed by atoms with E-state index in [2.05, 4.69) is 23.7 Å². The fourth-order valence-corrected chi connectivity index (χ4v) is 2.38. The van der Waals surface area contributed by atoms with Crippen molar-refractivity contribution in [2.24, 2.45) is 11.8 Å². The van der Waals surface area contributed by atoms with Crippen molar-refractivity contribution < 1.29 is 5.11 Å². The van der Waals surface area contributed by atoms with Crippen LogP contribution in [0.2, 0.25) is 0 Å². The molecule has 1 saturated heterocycles. The number of anilines is 1. The maximum absolute atomic E-state index is 9.30. The molecule has 1 aromatic rings. The molecule has 1 aromatic heterocycles. The van der Waals surface area contributed by atoms with Gasteiger partial charge >= 0.3 is 0 Å². The quantitative estimate of drug-likeness (QED) is 0.847. The van der Waals surface area contributed by atoms with Crippen molar-refractivity contribution in [3.8, 4) is 0 Å². The molecule has 1 aliphatic rings. The fourth-order valence-electron chi connectivity index (χ4n) is 2.38. The van der Waals surface area contributed by atoms with Gasteiger partial charge < -0.3 is 10.0 Å². The van der Waals surface area contributed by atoms with Gasteiger partial charge in [0.15, 0.2) is 0 Å². The highest BCUT2D eigenvalue weighted by molar-refractivity contribution is 5.52. The Labute approximate surface area is 97.1 Å². The molecular formula is C13H20N2O. The summed E-state index contributed by atoms with van der Waals surface area (Å²) in [5.74, 6) is 1.51. The molecule has 0 radical (unpaired) electrons. The van der Waals surface area contributed by atoms with Gasteiger partial charge in [-0.25, -0.2) is 0 Å². The molecule has 1 aliphatic heterocycles. The van der Waals surface area contributed by atoms with Crippen molar-refractivity contribution in [1.29, 1.82) is 0 Å². The highest BCUT2D eigenvalue weighted by Crippen LogP contribution is 2.29. The Bertz CT molecular complexity index is 352. The Morgan fingerprint density at radius 2 is 2.38 bits per heavy atom. The zero-order chi connectivity index (χ0) is 11.5. The van der Waals surface area contributed by atoms with Crippen LogP contribution in [0.3, 0.4) is 0 Å². The molecule has 1 fully saturated rings. The zero-order valence-corrected chi connectivity index (χ0v) is 10.1. The third kappa shape index (κ3) is 2.19. The summed E-state index contributed by atoms with van der Waals surface area (Å²) >= 11 is 0. The lowest BCUT2D eigenvalue weighted by Crippen LogP contribution is -2.22. The molecule has 3 nitrogen and oxygen atoms in total. The van der Waals surface area contributed by atoms with Gasteiger partial charge in [-0.3, -0.25) is 4.98 Å². The second-order valence-corrected chi connectivity index (χ2v) is 4.90. The van der Waals surface area contributed by atoms with E-state index < -0.39 is 0 Å². The summed E-state index contributed by atoms with van der Waals surface area (Å²) in [7, 11) is 0. The first-order chi connectivity index (χ1) is 7.72. The summed E-state index contributed by atoms with van der Waals surface area (Å²) < 4.78 is 0. The van der Waals surface area contributed by atoms with Crippen LogP contribution < -0.4 is 4.90 Å². The second kappa shape index (κ2) is 4.83. The third-order valence-corrected chi connectivity index (χ3v) is 3.57. The largest absolute Gasteiger partial charge is 0.392 e. The van der Waals surface area contributed by atoms with Crippen LogP contribution in [0.15, 0.2) is 18.5 Å². The Kier molecular flexibility index (Phi) is 3.44. The molecule has 0 amide bonds. The monoisotopic (exact) mass is 220 g/mol. The first-order valence-electron chi connectivity index (χ1n) is 6.01. The number of hydrogen-bond acceptors (Lipinski definition) is 3. The fraction of sp³-hybridized carbons (Fsp3) is 0.615. The third-order valence-electron chi connectivity index (χ3n) is 3.57. The van der Waals surface area contributed by atoms with Crippen LogP contribution in [-0.2, 0) is 6.61 Å². The number of aliphatic hydroxyl groups excluding tert-OH is 1. The summed E-state index contributed by atoms with van der Waals surface area (Å²) in [5.41, 5.74) is 2.09. The van der Waals surface area contributed by atoms with Gasteiger partial charge in [-0.1, -0.05) is 13.8 Å². The van der Waals surface area contributed by atoms with Gasteiger partial charge in [-0.2, -0.15) is 0 Å². The topological polar surface area (TPSA) is 36.4 Å². The molecule has 2 heterocycles. The normalized spacial score (nSPS) is 20.8.